The highest BCUT2D eigenvalue weighted by Crippen LogP contribution is 2.24. The molecule has 0 amide bonds. The maximum Gasteiger partial charge on any atom is 0.274 e. The molecule has 1 aromatic carbocycles. The number of benzene rings is 1. The highest BCUT2D eigenvalue weighted by Gasteiger charge is 2.17. The molecule has 0 bridgehead atoms. The third-order valence-corrected chi connectivity index (χ3v) is 3.09. The predicted molar refractivity (Wildman–Crippen MR) is 74.2 cm³/mol. The topological polar surface area (TPSA) is 85.9 Å². The van der Waals surface area contributed by atoms with Gasteiger partial charge in [0.2, 0.25) is 0 Å². The first kappa shape index (κ1) is 14.1. The van der Waals surface area contributed by atoms with E-state index in [2.05, 4.69) is 15.6 Å². The molecule has 7 heteroatoms. The standard InChI is InChI=1S/C13H17N5O2/c1-11(12-5-2-3-6-13(12)18(19)20)14-7-4-9-17-10-8-15-16-17/h2-3,5-6,8,10-11,14H,4,7,9H2,1H3. The Morgan fingerprint density at radius 1 is 1.45 bits per heavy atom. The van der Waals surface area contributed by atoms with E-state index in [1.54, 1.807) is 23.0 Å². The van der Waals surface area contributed by atoms with Crippen LogP contribution in [0.3, 0.4) is 0 Å². The van der Waals surface area contributed by atoms with Crippen molar-refractivity contribution in [2.24, 2.45) is 0 Å². The molecule has 1 aromatic heterocycles. The summed E-state index contributed by atoms with van der Waals surface area (Å²) in [5.41, 5.74) is 0.863. The normalized spacial score (nSPS) is 12.2. The molecule has 0 fully saturated rings. The summed E-state index contributed by atoms with van der Waals surface area (Å²) >= 11 is 0. The monoisotopic (exact) mass is 275 g/mol. The summed E-state index contributed by atoms with van der Waals surface area (Å²) in [7, 11) is 0. The Hall–Kier alpha value is -2.28. The van der Waals surface area contributed by atoms with Gasteiger partial charge >= 0.3 is 0 Å². The number of aromatic nitrogens is 3. The van der Waals surface area contributed by atoms with Crippen LogP contribution >= 0.6 is 0 Å². The van der Waals surface area contributed by atoms with E-state index in [1.165, 1.54) is 6.07 Å². The van der Waals surface area contributed by atoms with Gasteiger partial charge < -0.3 is 5.32 Å². The van der Waals surface area contributed by atoms with Crippen molar-refractivity contribution in [3.8, 4) is 0 Å². The summed E-state index contributed by atoms with van der Waals surface area (Å²) in [6.07, 6.45) is 4.34. The molecule has 1 N–H and O–H groups in total. The molecule has 2 rings (SSSR count). The number of aryl methyl sites for hydroxylation is 1. The first-order valence-electron chi connectivity index (χ1n) is 6.49. The smallest absolute Gasteiger partial charge is 0.274 e. The van der Waals surface area contributed by atoms with E-state index in [4.69, 9.17) is 0 Å². The first-order chi connectivity index (χ1) is 9.68. The van der Waals surface area contributed by atoms with E-state index in [-0.39, 0.29) is 16.7 Å². The van der Waals surface area contributed by atoms with Gasteiger partial charge in [0.25, 0.3) is 5.69 Å². The quantitative estimate of drug-likeness (QED) is 0.474. The lowest BCUT2D eigenvalue weighted by atomic mass is 10.1. The van der Waals surface area contributed by atoms with Crippen molar-refractivity contribution in [2.75, 3.05) is 6.54 Å². The average Bonchev–Trinajstić information content (AvgIpc) is 2.96. The van der Waals surface area contributed by atoms with Crippen LogP contribution in [0.4, 0.5) is 5.69 Å². The molecule has 0 saturated heterocycles. The predicted octanol–water partition coefficient (Wildman–Crippen LogP) is 1.93. The second kappa shape index (κ2) is 6.76. The van der Waals surface area contributed by atoms with E-state index >= 15 is 0 Å². The number of nitrogens with one attached hydrogen (secondary N) is 1. The highest BCUT2D eigenvalue weighted by atomic mass is 16.6. The summed E-state index contributed by atoms with van der Waals surface area (Å²) in [5, 5.41) is 21.9. The minimum Gasteiger partial charge on any atom is -0.310 e. The molecule has 0 aliphatic heterocycles. The van der Waals surface area contributed by atoms with Gasteiger partial charge in [-0.15, -0.1) is 5.10 Å². The number of nitrogens with zero attached hydrogens (tertiary/aromatic N) is 4. The zero-order valence-electron chi connectivity index (χ0n) is 11.3. The van der Waals surface area contributed by atoms with Gasteiger partial charge in [-0.3, -0.25) is 14.8 Å². The molecule has 1 unspecified atom stereocenters. The molecular formula is C13H17N5O2. The third kappa shape index (κ3) is 3.61. The molecule has 106 valence electrons. The van der Waals surface area contributed by atoms with E-state index in [1.807, 2.05) is 19.2 Å². The Bertz CT molecular complexity index is 556. The van der Waals surface area contributed by atoms with Crippen molar-refractivity contribution in [1.82, 2.24) is 20.3 Å². The van der Waals surface area contributed by atoms with Crippen molar-refractivity contribution in [3.05, 3.63) is 52.3 Å². The highest BCUT2D eigenvalue weighted by molar-refractivity contribution is 5.41. The SMILES string of the molecule is CC(NCCCn1ccnn1)c1ccccc1[N+](=O)[O-]. The number of rotatable bonds is 7. The van der Waals surface area contributed by atoms with Crippen LogP contribution in [-0.2, 0) is 6.54 Å². The lowest BCUT2D eigenvalue weighted by Gasteiger charge is -2.14. The van der Waals surface area contributed by atoms with Crippen LogP contribution in [0.25, 0.3) is 0 Å². The maximum atomic E-state index is 11.0. The van der Waals surface area contributed by atoms with Crippen LogP contribution in [0.5, 0.6) is 0 Å². The van der Waals surface area contributed by atoms with Crippen LogP contribution < -0.4 is 5.32 Å². The molecule has 2 aromatic rings. The summed E-state index contributed by atoms with van der Waals surface area (Å²) < 4.78 is 1.76. The molecule has 0 aliphatic rings. The lowest BCUT2D eigenvalue weighted by Crippen LogP contribution is -2.21. The fourth-order valence-corrected chi connectivity index (χ4v) is 2.04. The Morgan fingerprint density at radius 2 is 2.25 bits per heavy atom. The minimum absolute atomic E-state index is 0.0626. The molecule has 1 heterocycles. The van der Waals surface area contributed by atoms with E-state index < -0.39 is 0 Å². The fraction of sp³-hybridized carbons (Fsp3) is 0.385. The second-order valence-electron chi connectivity index (χ2n) is 4.51. The van der Waals surface area contributed by atoms with E-state index in [9.17, 15) is 10.1 Å². The zero-order chi connectivity index (χ0) is 14.4. The van der Waals surface area contributed by atoms with Gasteiger partial charge in [0.1, 0.15) is 0 Å². The second-order valence-corrected chi connectivity index (χ2v) is 4.51. The number of hydrogen-bond acceptors (Lipinski definition) is 5. The molecule has 20 heavy (non-hydrogen) atoms. The summed E-state index contributed by atoms with van der Waals surface area (Å²) in [6, 6.07) is 6.75. The average molecular weight is 275 g/mol. The van der Waals surface area contributed by atoms with Gasteiger partial charge in [0.15, 0.2) is 0 Å². The molecule has 0 spiro atoms. The van der Waals surface area contributed by atoms with Crippen LogP contribution in [0.15, 0.2) is 36.7 Å². The van der Waals surface area contributed by atoms with Crippen LogP contribution in [-0.4, -0.2) is 26.5 Å². The van der Waals surface area contributed by atoms with E-state index in [0.29, 0.717) is 5.56 Å². The van der Waals surface area contributed by atoms with Gasteiger partial charge in [-0.1, -0.05) is 23.4 Å². The fourth-order valence-electron chi connectivity index (χ4n) is 2.04. The first-order valence-corrected chi connectivity index (χ1v) is 6.49. The molecule has 0 radical (unpaired) electrons. The number of para-hydroxylation sites is 1. The molecule has 0 saturated carbocycles. The van der Waals surface area contributed by atoms with E-state index in [0.717, 1.165) is 19.5 Å². The minimum atomic E-state index is -0.344. The van der Waals surface area contributed by atoms with Crippen molar-refractivity contribution in [3.63, 3.8) is 0 Å². The van der Waals surface area contributed by atoms with Crippen molar-refractivity contribution >= 4 is 5.69 Å². The van der Waals surface area contributed by atoms with Gasteiger partial charge in [-0.05, 0) is 19.9 Å². The lowest BCUT2D eigenvalue weighted by molar-refractivity contribution is -0.385. The Kier molecular flexibility index (Phi) is 4.78. The summed E-state index contributed by atoms with van der Waals surface area (Å²) in [5.74, 6) is 0. The van der Waals surface area contributed by atoms with Crippen LogP contribution in [0, 0.1) is 10.1 Å². The van der Waals surface area contributed by atoms with Gasteiger partial charge in [0, 0.05) is 30.4 Å². The molecule has 7 nitrogen and oxygen atoms in total. The molecular weight excluding hydrogens is 258 g/mol. The Balaban J connectivity index is 1.85. The van der Waals surface area contributed by atoms with Gasteiger partial charge in [-0.25, -0.2) is 0 Å². The summed E-state index contributed by atoms with van der Waals surface area (Å²) in [4.78, 5) is 10.6. The van der Waals surface area contributed by atoms with Crippen molar-refractivity contribution in [1.29, 1.82) is 0 Å². The number of hydrogen-bond donors (Lipinski definition) is 1. The third-order valence-electron chi connectivity index (χ3n) is 3.09. The van der Waals surface area contributed by atoms with Crippen LogP contribution in [0.1, 0.15) is 24.9 Å². The van der Waals surface area contributed by atoms with Gasteiger partial charge in [0.05, 0.1) is 11.1 Å². The summed E-state index contributed by atoms with van der Waals surface area (Å²) in [6.45, 7) is 3.46. The van der Waals surface area contributed by atoms with Crippen molar-refractivity contribution in [2.45, 2.75) is 25.9 Å². The number of nitro groups is 1. The maximum absolute atomic E-state index is 11.0. The molecule has 1 atom stereocenters. The Labute approximate surface area is 116 Å². The molecule has 0 aliphatic carbocycles. The zero-order valence-corrected chi connectivity index (χ0v) is 11.3. The number of nitro benzene ring substituents is 1. The Morgan fingerprint density at radius 3 is 2.95 bits per heavy atom. The van der Waals surface area contributed by atoms with Gasteiger partial charge in [-0.2, -0.15) is 0 Å². The largest absolute Gasteiger partial charge is 0.310 e. The van der Waals surface area contributed by atoms with Crippen LogP contribution in [0.2, 0.25) is 0 Å². The van der Waals surface area contributed by atoms with Crippen molar-refractivity contribution < 1.29 is 4.92 Å².